The maximum absolute atomic E-state index is 13.6. The molecule has 0 aliphatic heterocycles. The summed E-state index contributed by atoms with van der Waals surface area (Å²) in [5, 5.41) is 0.0185. The van der Waals surface area contributed by atoms with Crippen LogP contribution in [0.15, 0.2) is 16.5 Å². The van der Waals surface area contributed by atoms with Gasteiger partial charge in [0.25, 0.3) is 0 Å². The third kappa shape index (κ3) is 2.02. The Hall–Kier alpha value is -2.08. The van der Waals surface area contributed by atoms with Crippen LogP contribution in [0.4, 0.5) is 10.3 Å². The molecule has 0 bridgehead atoms. The van der Waals surface area contributed by atoms with E-state index in [1.807, 2.05) is 13.8 Å². The standard InChI is InChI=1S/C13H12ClFN4O/c1-6-7(2)20-12(17-6)5-19-11-4-9(15)8(14)3-10(11)18-13(19)16/h3-4H,5H2,1-2H3,(H2,16,18). The number of nitrogens with zero attached hydrogens (tertiary/aromatic N) is 3. The van der Waals surface area contributed by atoms with Crippen molar-refractivity contribution in [1.82, 2.24) is 14.5 Å². The van der Waals surface area contributed by atoms with Crippen molar-refractivity contribution < 1.29 is 8.81 Å². The van der Waals surface area contributed by atoms with E-state index in [1.165, 1.54) is 12.1 Å². The van der Waals surface area contributed by atoms with Crippen LogP contribution in [0.1, 0.15) is 17.3 Å². The lowest BCUT2D eigenvalue weighted by Crippen LogP contribution is -2.05. The SMILES string of the molecule is Cc1nc(Cn2c(N)nc3cc(Cl)c(F)cc32)oc1C. The molecule has 0 spiro atoms. The molecule has 0 atom stereocenters. The number of hydrogen-bond donors (Lipinski definition) is 1. The summed E-state index contributed by atoms with van der Waals surface area (Å²) < 4.78 is 20.7. The Balaban J connectivity index is 2.11. The topological polar surface area (TPSA) is 69.9 Å². The highest BCUT2D eigenvalue weighted by atomic mass is 35.5. The second kappa shape index (κ2) is 4.49. The third-order valence-corrected chi connectivity index (χ3v) is 3.48. The molecule has 0 aliphatic carbocycles. The molecule has 0 radical (unpaired) electrons. The van der Waals surface area contributed by atoms with Crippen LogP contribution >= 0.6 is 11.6 Å². The molecule has 3 aromatic rings. The van der Waals surface area contributed by atoms with Gasteiger partial charge < -0.3 is 14.7 Å². The van der Waals surface area contributed by atoms with Crippen molar-refractivity contribution in [3.05, 3.63) is 40.3 Å². The van der Waals surface area contributed by atoms with Crippen molar-refractivity contribution in [2.45, 2.75) is 20.4 Å². The third-order valence-electron chi connectivity index (χ3n) is 3.19. The summed E-state index contributed by atoms with van der Waals surface area (Å²) in [5.74, 6) is 0.994. The number of anilines is 1. The minimum Gasteiger partial charge on any atom is -0.444 e. The smallest absolute Gasteiger partial charge is 0.214 e. The summed E-state index contributed by atoms with van der Waals surface area (Å²) in [6.07, 6.45) is 0. The molecule has 0 saturated carbocycles. The van der Waals surface area contributed by atoms with E-state index in [1.54, 1.807) is 4.57 Å². The molecule has 104 valence electrons. The average Bonchev–Trinajstić information content (AvgIpc) is 2.83. The first-order valence-corrected chi connectivity index (χ1v) is 6.37. The second-order valence-electron chi connectivity index (χ2n) is 4.56. The number of fused-ring (bicyclic) bond motifs is 1. The number of halogens is 2. The van der Waals surface area contributed by atoms with Gasteiger partial charge in [-0.15, -0.1) is 0 Å². The summed E-state index contributed by atoms with van der Waals surface area (Å²) in [6.45, 7) is 3.98. The van der Waals surface area contributed by atoms with Gasteiger partial charge in [-0.25, -0.2) is 14.4 Å². The number of rotatable bonds is 2. The van der Waals surface area contributed by atoms with Crippen LogP contribution in [-0.4, -0.2) is 14.5 Å². The highest BCUT2D eigenvalue weighted by molar-refractivity contribution is 6.31. The van der Waals surface area contributed by atoms with Gasteiger partial charge in [-0.2, -0.15) is 0 Å². The number of benzene rings is 1. The van der Waals surface area contributed by atoms with Crippen molar-refractivity contribution >= 4 is 28.6 Å². The maximum Gasteiger partial charge on any atom is 0.214 e. The molecule has 20 heavy (non-hydrogen) atoms. The largest absolute Gasteiger partial charge is 0.444 e. The van der Waals surface area contributed by atoms with Gasteiger partial charge in [0.2, 0.25) is 11.8 Å². The Kier molecular flexibility index (Phi) is 2.90. The first kappa shape index (κ1) is 12.9. The highest BCUT2D eigenvalue weighted by Gasteiger charge is 2.14. The summed E-state index contributed by atoms with van der Waals surface area (Å²) in [6, 6.07) is 2.76. The fourth-order valence-corrected chi connectivity index (χ4v) is 2.20. The fourth-order valence-electron chi connectivity index (χ4n) is 2.05. The molecular weight excluding hydrogens is 283 g/mol. The summed E-state index contributed by atoms with van der Waals surface area (Å²) in [4.78, 5) is 8.44. The van der Waals surface area contributed by atoms with Crippen LogP contribution in [-0.2, 0) is 6.54 Å². The number of hydrogen-bond acceptors (Lipinski definition) is 4. The van der Waals surface area contributed by atoms with E-state index in [9.17, 15) is 4.39 Å². The minimum atomic E-state index is -0.514. The van der Waals surface area contributed by atoms with E-state index < -0.39 is 5.82 Å². The second-order valence-corrected chi connectivity index (χ2v) is 4.97. The normalized spacial score (nSPS) is 11.4. The van der Waals surface area contributed by atoms with Crippen molar-refractivity contribution in [1.29, 1.82) is 0 Å². The number of nitrogens with two attached hydrogens (primary N) is 1. The first-order valence-electron chi connectivity index (χ1n) is 5.99. The van der Waals surface area contributed by atoms with Crippen molar-refractivity contribution in [2.75, 3.05) is 5.73 Å². The molecule has 0 aliphatic rings. The molecule has 2 N–H and O–H groups in total. The summed E-state index contributed by atoms with van der Waals surface area (Å²) >= 11 is 5.74. The highest BCUT2D eigenvalue weighted by Crippen LogP contribution is 2.25. The van der Waals surface area contributed by atoms with Crippen LogP contribution in [0.2, 0.25) is 5.02 Å². The molecule has 0 fully saturated rings. The van der Waals surface area contributed by atoms with Gasteiger partial charge in [-0.1, -0.05) is 11.6 Å². The molecule has 2 heterocycles. The average molecular weight is 295 g/mol. The van der Waals surface area contributed by atoms with Gasteiger partial charge in [-0.3, -0.25) is 0 Å². The van der Waals surface area contributed by atoms with Crippen molar-refractivity contribution in [3.63, 3.8) is 0 Å². The predicted molar refractivity (Wildman–Crippen MR) is 74.2 cm³/mol. The molecule has 2 aromatic heterocycles. The van der Waals surface area contributed by atoms with E-state index in [0.717, 1.165) is 11.5 Å². The van der Waals surface area contributed by atoms with Gasteiger partial charge in [0.15, 0.2) is 0 Å². The quantitative estimate of drug-likeness (QED) is 0.788. The van der Waals surface area contributed by atoms with Crippen LogP contribution in [0.25, 0.3) is 11.0 Å². The lowest BCUT2D eigenvalue weighted by atomic mass is 10.3. The summed E-state index contributed by atoms with van der Waals surface area (Å²) in [7, 11) is 0. The van der Waals surface area contributed by atoms with Gasteiger partial charge in [0.1, 0.15) is 18.1 Å². The number of imidazole rings is 1. The Morgan fingerprint density at radius 3 is 2.75 bits per heavy atom. The first-order chi connectivity index (χ1) is 9.45. The minimum absolute atomic E-state index is 0.0185. The van der Waals surface area contributed by atoms with Crippen molar-refractivity contribution in [3.8, 4) is 0 Å². The molecule has 3 rings (SSSR count). The van der Waals surface area contributed by atoms with Gasteiger partial charge in [0, 0.05) is 6.07 Å². The Morgan fingerprint density at radius 2 is 2.10 bits per heavy atom. The Labute approximate surface area is 119 Å². The van der Waals surface area contributed by atoms with Crippen LogP contribution in [0.3, 0.4) is 0 Å². The van der Waals surface area contributed by atoms with Gasteiger partial charge in [0.05, 0.1) is 21.7 Å². The molecule has 0 unspecified atom stereocenters. The van der Waals surface area contributed by atoms with E-state index in [-0.39, 0.29) is 17.5 Å². The zero-order valence-corrected chi connectivity index (χ0v) is 11.7. The molecular formula is C13H12ClFN4O. The van der Waals surface area contributed by atoms with E-state index in [4.69, 9.17) is 21.8 Å². The van der Waals surface area contributed by atoms with Crippen molar-refractivity contribution in [2.24, 2.45) is 0 Å². The van der Waals surface area contributed by atoms with Crippen LogP contribution in [0.5, 0.6) is 0 Å². The molecule has 5 nitrogen and oxygen atoms in total. The summed E-state index contributed by atoms with van der Waals surface area (Å²) in [5.41, 5.74) is 7.77. The monoisotopic (exact) mass is 294 g/mol. The lowest BCUT2D eigenvalue weighted by molar-refractivity contribution is 0.460. The zero-order chi connectivity index (χ0) is 14.4. The number of aromatic nitrogens is 3. The van der Waals surface area contributed by atoms with Gasteiger partial charge in [-0.05, 0) is 19.9 Å². The van der Waals surface area contributed by atoms with E-state index in [0.29, 0.717) is 16.9 Å². The van der Waals surface area contributed by atoms with E-state index >= 15 is 0 Å². The molecule has 7 heteroatoms. The predicted octanol–water partition coefficient (Wildman–Crippen LogP) is 3.06. The Morgan fingerprint density at radius 1 is 1.35 bits per heavy atom. The van der Waals surface area contributed by atoms with E-state index in [2.05, 4.69) is 9.97 Å². The fraction of sp³-hybridized carbons (Fsp3) is 0.231. The zero-order valence-electron chi connectivity index (χ0n) is 10.9. The molecule has 0 amide bonds. The van der Waals surface area contributed by atoms with Gasteiger partial charge >= 0.3 is 0 Å². The Bertz CT molecular complexity index is 789. The van der Waals surface area contributed by atoms with Crippen LogP contribution in [0, 0.1) is 19.7 Å². The number of oxazole rings is 1. The lowest BCUT2D eigenvalue weighted by Gasteiger charge is -2.03. The number of aryl methyl sites for hydroxylation is 2. The maximum atomic E-state index is 13.6. The molecule has 1 aromatic carbocycles. The molecule has 0 saturated heterocycles. The number of nitrogen functional groups attached to an aromatic ring is 1. The van der Waals surface area contributed by atoms with Crippen LogP contribution < -0.4 is 5.73 Å².